The highest BCUT2D eigenvalue weighted by Gasteiger charge is 2.14. The molecule has 146 valence electrons. The van der Waals surface area contributed by atoms with Crippen molar-refractivity contribution in [1.29, 1.82) is 0 Å². The van der Waals surface area contributed by atoms with Crippen molar-refractivity contribution in [2.45, 2.75) is 32.4 Å². The molecule has 1 atom stereocenters. The molecule has 0 amide bonds. The highest BCUT2D eigenvalue weighted by atomic mass is 127. The molecule has 0 aliphatic carbocycles. The van der Waals surface area contributed by atoms with Gasteiger partial charge in [0.1, 0.15) is 5.82 Å². The third-order valence-electron chi connectivity index (χ3n) is 4.79. The molecule has 0 spiro atoms. The number of guanidine groups is 1. The van der Waals surface area contributed by atoms with Crippen LogP contribution in [0.15, 0.2) is 53.5 Å². The summed E-state index contributed by atoms with van der Waals surface area (Å²) in [6, 6.07) is 15.3. The predicted octanol–water partition coefficient (Wildman–Crippen LogP) is 4.47. The van der Waals surface area contributed by atoms with Gasteiger partial charge in [-0.2, -0.15) is 0 Å². The van der Waals surface area contributed by atoms with Crippen LogP contribution in [0.3, 0.4) is 0 Å². The second-order valence-electron chi connectivity index (χ2n) is 6.71. The summed E-state index contributed by atoms with van der Waals surface area (Å²) in [6.07, 6.45) is 2.55. The summed E-state index contributed by atoms with van der Waals surface area (Å²) in [4.78, 5) is 6.74. The van der Waals surface area contributed by atoms with Gasteiger partial charge in [0.15, 0.2) is 5.96 Å². The second kappa shape index (κ2) is 10.5. The summed E-state index contributed by atoms with van der Waals surface area (Å²) in [7, 11) is 1.76. The first kappa shape index (κ1) is 21.5. The van der Waals surface area contributed by atoms with E-state index in [-0.39, 0.29) is 35.8 Å². The van der Waals surface area contributed by atoms with Crippen molar-refractivity contribution < 1.29 is 4.39 Å². The molecule has 1 fully saturated rings. The summed E-state index contributed by atoms with van der Waals surface area (Å²) < 4.78 is 13.0. The zero-order valence-corrected chi connectivity index (χ0v) is 18.2. The van der Waals surface area contributed by atoms with Crippen LogP contribution in [0.5, 0.6) is 0 Å². The number of aliphatic imine (C=N–C) groups is 1. The SMILES string of the molecule is CN=C(NCc1ccc(F)cc1)NC(C)c1cccc(N2CCCC2)c1.I. The van der Waals surface area contributed by atoms with Crippen LogP contribution in [0.4, 0.5) is 10.1 Å². The van der Waals surface area contributed by atoms with E-state index in [9.17, 15) is 4.39 Å². The molecule has 4 nitrogen and oxygen atoms in total. The van der Waals surface area contributed by atoms with Crippen LogP contribution >= 0.6 is 24.0 Å². The lowest BCUT2D eigenvalue weighted by Crippen LogP contribution is -2.38. The van der Waals surface area contributed by atoms with E-state index in [2.05, 4.69) is 51.7 Å². The summed E-state index contributed by atoms with van der Waals surface area (Å²) in [5.74, 6) is 0.510. The van der Waals surface area contributed by atoms with Gasteiger partial charge >= 0.3 is 0 Å². The first-order valence-corrected chi connectivity index (χ1v) is 9.22. The number of anilines is 1. The Kier molecular flexibility index (Phi) is 8.34. The Morgan fingerprint density at radius 2 is 1.85 bits per heavy atom. The lowest BCUT2D eigenvalue weighted by atomic mass is 10.1. The summed E-state index contributed by atoms with van der Waals surface area (Å²) in [6.45, 7) is 5.02. The number of rotatable bonds is 5. The van der Waals surface area contributed by atoms with Crippen LogP contribution in [-0.4, -0.2) is 26.1 Å². The minimum Gasteiger partial charge on any atom is -0.372 e. The van der Waals surface area contributed by atoms with Crippen LogP contribution in [0.1, 0.15) is 36.9 Å². The molecule has 1 saturated heterocycles. The average Bonchev–Trinajstić information content (AvgIpc) is 3.21. The molecular formula is C21H28FIN4. The van der Waals surface area contributed by atoms with Crippen LogP contribution < -0.4 is 15.5 Å². The van der Waals surface area contributed by atoms with Crippen molar-refractivity contribution in [1.82, 2.24) is 10.6 Å². The fourth-order valence-electron chi connectivity index (χ4n) is 3.24. The Morgan fingerprint density at radius 3 is 2.52 bits per heavy atom. The molecule has 1 heterocycles. The van der Waals surface area contributed by atoms with Crippen molar-refractivity contribution in [3.05, 3.63) is 65.5 Å². The van der Waals surface area contributed by atoms with E-state index in [1.54, 1.807) is 19.2 Å². The summed E-state index contributed by atoms with van der Waals surface area (Å²) >= 11 is 0. The molecule has 6 heteroatoms. The molecule has 27 heavy (non-hydrogen) atoms. The molecule has 2 aromatic carbocycles. The Hall–Kier alpha value is -1.83. The van der Waals surface area contributed by atoms with E-state index in [0.29, 0.717) is 6.54 Å². The van der Waals surface area contributed by atoms with Gasteiger partial charge < -0.3 is 15.5 Å². The van der Waals surface area contributed by atoms with Gasteiger partial charge in [0.25, 0.3) is 0 Å². The molecule has 0 aromatic heterocycles. The molecule has 3 rings (SSSR count). The highest BCUT2D eigenvalue weighted by molar-refractivity contribution is 14.0. The molecule has 0 bridgehead atoms. The number of nitrogens with zero attached hydrogens (tertiary/aromatic N) is 2. The molecule has 0 saturated carbocycles. The van der Waals surface area contributed by atoms with E-state index in [1.807, 2.05) is 0 Å². The number of halogens is 2. The zero-order chi connectivity index (χ0) is 18.4. The second-order valence-corrected chi connectivity index (χ2v) is 6.71. The van der Waals surface area contributed by atoms with Gasteiger partial charge in [-0.15, -0.1) is 24.0 Å². The van der Waals surface area contributed by atoms with Crippen molar-refractivity contribution in [3.8, 4) is 0 Å². The van der Waals surface area contributed by atoms with Crippen molar-refractivity contribution in [3.63, 3.8) is 0 Å². The quantitative estimate of drug-likeness (QED) is 0.376. The number of nitrogens with one attached hydrogen (secondary N) is 2. The van der Waals surface area contributed by atoms with Gasteiger partial charge in [-0.3, -0.25) is 4.99 Å². The fraction of sp³-hybridized carbons (Fsp3) is 0.381. The van der Waals surface area contributed by atoms with E-state index in [4.69, 9.17) is 0 Å². The van der Waals surface area contributed by atoms with Gasteiger partial charge in [-0.25, -0.2) is 4.39 Å². The van der Waals surface area contributed by atoms with Gasteiger partial charge in [-0.1, -0.05) is 24.3 Å². The number of hydrogen-bond donors (Lipinski definition) is 2. The first-order chi connectivity index (χ1) is 12.7. The largest absolute Gasteiger partial charge is 0.372 e. The Balaban J connectivity index is 0.00000261. The van der Waals surface area contributed by atoms with Crippen molar-refractivity contribution in [2.75, 3.05) is 25.0 Å². The minimum absolute atomic E-state index is 0. The molecule has 1 aliphatic rings. The zero-order valence-electron chi connectivity index (χ0n) is 15.9. The Morgan fingerprint density at radius 1 is 1.15 bits per heavy atom. The number of benzene rings is 2. The monoisotopic (exact) mass is 482 g/mol. The molecule has 0 radical (unpaired) electrons. The highest BCUT2D eigenvalue weighted by Crippen LogP contribution is 2.23. The molecule has 2 N–H and O–H groups in total. The van der Waals surface area contributed by atoms with E-state index in [0.717, 1.165) is 24.6 Å². The standard InChI is InChI=1S/C21H27FN4.HI/c1-16(18-6-5-7-20(14-18)26-12-3-4-13-26)25-21(23-2)24-15-17-8-10-19(22)11-9-17;/h5-11,14,16H,3-4,12-13,15H2,1-2H3,(H2,23,24,25);1H. The summed E-state index contributed by atoms with van der Waals surface area (Å²) in [5, 5.41) is 6.71. The van der Waals surface area contributed by atoms with Crippen LogP contribution in [0.25, 0.3) is 0 Å². The van der Waals surface area contributed by atoms with Crippen LogP contribution in [-0.2, 0) is 6.54 Å². The van der Waals surface area contributed by atoms with Gasteiger partial charge in [0.2, 0.25) is 0 Å². The summed E-state index contributed by atoms with van der Waals surface area (Å²) in [5.41, 5.74) is 3.54. The Labute approximate surface area is 178 Å². The first-order valence-electron chi connectivity index (χ1n) is 9.22. The van der Waals surface area contributed by atoms with Crippen LogP contribution in [0, 0.1) is 5.82 Å². The van der Waals surface area contributed by atoms with Crippen LogP contribution in [0.2, 0.25) is 0 Å². The average molecular weight is 482 g/mol. The lowest BCUT2D eigenvalue weighted by Gasteiger charge is -2.22. The topological polar surface area (TPSA) is 39.7 Å². The van der Waals surface area contributed by atoms with Gasteiger partial charge in [-0.05, 0) is 55.2 Å². The molecule has 1 unspecified atom stereocenters. The lowest BCUT2D eigenvalue weighted by molar-refractivity contribution is 0.626. The molecular weight excluding hydrogens is 454 g/mol. The minimum atomic E-state index is -0.220. The maximum absolute atomic E-state index is 13.0. The van der Waals surface area contributed by atoms with E-state index in [1.165, 1.54) is 36.2 Å². The Bertz CT molecular complexity index is 742. The maximum atomic E-state index is 13.0. The van der Waals surface area contributed by atoms with Gasteiger partial charge in [0, 0.05) is 32.4 Å². The van der Waals surface area contributed by atoms with Gasteiger partial charge in [0.05, 0.1) is 6.04 Å². The van der Waals surface area contributed by atoms with Crippen molar-refractivity contribution >= 4 is 35.6 Å². The maximum Gasteiger partial charge on any atom is 0.191 e. The molecule has 2 aromatic rings. The predicted molar refractivity (Wildman–Crippen MR) is 121 cm³/mol. The third-order valence-corrected chi connectivity index (χ3v) is 4.79. The normalized spacial score (nSPS) is 15.2. The third kappa shape index (κ3) is 6.09. The molecule has 1 aliphatic heterocycles. The van der Waals surface area contributed by atoms with E-state index >= 15 is 0 Å². The van der Waals surface area contributed by atoms with E-state index < -0.39 is 0 Å². The smallest absolute Gasteiger partial charge is 0.191 e. The fourth-order valence-corrected chi connectivity index (χ4v) is 3.24. The number of hydrogen-bond acceptors (Lipinski definition) is 2. The van der Waals surface area contributed by atoms with Crippen molar-refractivity contribution in [2.24, 2.45) is 4.99 Å².